The Morgan fingerprint density at radius 3 is 2.04 bits per heavy atom. The molecule has 0 saturated heterocycles. The molecule has 1 aromatic rings. The van der Waals surface area contributed by atoms with Gasteiger partial charge in [0.15, 0.2) is 11.5 Å². The van der Waals surface area contributed by atoms with Crippen LogP contribution in [0.5, 0.6) is 17.2 Å². The lowest BCUT2D eigenvalue weighted by atomic mass is 9.96. The van der Waals surface area contributed by atoms with Crippen LogP contribution >= 0.6 is 0 Å². The maximum Gasteiger partial charge on any atom is 0.375 e. The molecule has 1 aliphatic carbocycles. The maximum atomic E-state index is 13.2. The van der Waals surface area contributed by atoms with Crippen molar-refractivity contribution >= 4 is 0 Å². The van der Waals surface area contributed by atoms with E-state index in [1.165, 1.54) is 33.5 Å². The molecule has 0 radical (unpaired) electrons. The lowest BCUT2D eigenvalue weighted by molar-refractivity contribution is -0.233. The standard InChI is InChI=1S/C14H13F5O4/c1-20-8-4-7(10(22-3)9(5-8)21-2)6-23-12-11(15)13(16,17)14(12,18)19/h4-5H,6H2,1-3H3. The molecule has 1 aromatic carbocycles. The molecule has 2 rings (SSSR count). The Hall–Kier alpha value is -2.19. The van der Waals surface area contributed by atoms with Gasteiger partial charge in [0, 0.05) is 11.6 Å². The quantitative estimate of drug-likeness (QED) is 0.740. The van der Waals surface area contributed by atoms with Crippen molar-refractivity contribution in [3.63, 3.8) is 0 Å². The van der Waals surface area contributed by atoms with Crippen molar-refractivity contribution < 1.29 is 40.9 Å². The zero-order chi connectivity index (χ0) is 17.4. The second-order valence-corrected chi connectivity index (χ2v) is 4.60. The zero-order valence-electron chi connectivity index (χ0n) is 12.4. The summed E-state index contributed by atoms with van der Waals surface area (Å²) in [5.41, 5.74) is 0.162. The zero-order valence-corrected chi connectivity index (χ0v) is 12.4. The van der Waals surface area contributed by atoms with Gasteiger partial charge in [0.2, 0.25) is 11.6 Å². The van der Waals surface area contributed by atoms with E-state index >= 15 is 0 Å². The number of hydrogen-bond donors (Lipinski definition) is 0. The molecule has 9 heteroatoms. The second-order valence-electron chi connectivity index (χ2n) is 4.60. The van der Waals surface area contributed by atoms with Crippen molar-refractivity contribution in [3.8, 4) is 17.2 Å². The summed E-state index contributed by atoms with van der Waals surface area (Å²) < 4.78 is 84.5. The number of rotatable bonds is 6. The Balaban J connectivity index is 2.30. The molecule has 23 heavy (non-hydrogen) atoms. The number of alkyl halides is 4. The SMILES string of the molecule is COc1cc(COC2=C(F)C(F)(F)C2(F)F)c(OC)c(OC)c1. The van der Waals surface area contributed by atoms with Gasteiger partial charge in [-0.05, 0) is 6.07 Å². The first kappa shape index (κ1) is 17.2. The average molecular weight is 340 g/mol. The van der Waals surface area contributed by atoms with Gasteiger partial charge in [0.25, 0.3) is 0 Å². The number of hydrogen-bond acceptors (Lipinski definition) is 4. The number of halogens is 5. The second kappa shape index (κ2) is 5.78. The molecule has 0 atom stereocenters. The first-order valence-electron chi connectivity index (χ1n) is 6.28. The van der Waals surface area contributed by atoms with Crippen molar-refractivity contribution in [2.75, 3.05) is 21.3 Å². The number of methoxy groups -OCH3 is 3. The van der Waals surface area contributed by atoms with Crippen LogP contribution in [0.25, 0.3) is 0 Å². The van der Waals surface area contributed by atoms with E-state index in [0.29, 0.717) is 5.75 Å². The van der Waals surface area contributed by atoms with Crippen LogP contribution in [0.3, 0.4) is 0 Å². The number of allylic oxidation sites excluding steroid dienone is 2. The molecular formula is C14H13F5O4. The van der Waals surface area contributed by atoms with Crippen molar-refractivity contribution in [1.29, 1.82) is 0 Å². The normalized spacial score (nSPS) is 18.3. The first-order chi connectivity index (χ1) is 10.7. The third-order valence-corrected chi connectivity index (χ3v) is 3.29. The van der Waals surface area contributed by atoms with Crippen molar-refractivity contribution in [1.82, 2.24) is 0 Å². The molecule has 128 valence electrons. The molecular weight excluding hydrogens is 327 g/mol. The Labute approximate surface area is 128 Å². The monoisotopic (exact) mass is 340 g/mol. The molecule has 0 heterocycles. The van der Waals surface area contributed by atoms with Gasteiger partial charge in [-0.15, -0.1) is 0 Å². The predicted molar refractivity (Wildman–Crippen MR) is 68.9 cm³/mol. The topological polar surface area (TPSA) is 36.9 Å². The van der Waals surface area contributed by atoms with Crippen LogP contribution in [0.4, 0.5) is 22.0 Å². The van der Waals surface area contributed by atoms with Crippen LogP contribution in [0.15, 0.2) is 23.7 Å². The van der Waals surface area contributed by atoms with E-state index < -0.39 is 30.0 Å². The van der Waals surface area contributed by atoms with Crippen LogP contribution < -0.4 is 14.2 Å². The van der Waals surface area contributed by atoms with Crippen LogP contribution in [-0.2, 0) is 11.3 Å². The first-order valence-corrected chi connectivity index (χ1v) is 6.28. The third-order valence-electron chi connectivity index (χ3n) is 3.29. The minimum atomic E-state index is -4.85. The minimum Gasteiger partial charge on any atom is -0.497 e. The highest BCUT2D eigenvalue weighted by molar-refractivity contribution is 5.51. The van der Waals surface area contributed by atoms with Gasteiger partial charge in [0.1, 0.15) is 12.4 Å². The van der Waals surface area contributed by atoms with E-state index in [1.54, 1.807) is 0 Å². The highest BCUT2D eigenvalue weighted by Crippen LogP contribution is 2.56. The van der Waals surface area contributed by atoms with Crippen LogP contribution in [0.2, 0.25) is 0 Å². The summed E-state index contributed by atoms with van der Waals surface area (Å²) >= 11 is 0. The fourth-order valence-corrected chi connectivity index (χ4v) is 2.04. The Morgan fingerprint density at radius 1 is 0.913 bits per heavy atom. The van der Waals surface area contributed by atoms with Crippen LogP contribution in [0, 0.1) is 0 Å². The fourth-order valence-electron chi connectivity index (χ4n) is 2.04. The molecule has 0 aliphatic heterocycles. The smallest absolute Gasteiger partial charge is 0.375 e. The molecule has 0 amide bonds. The molecule has 4 nitrogen and oxygen atoms in total. The van der Waals surface area contributed by atoms with Gasteiger partial charge < -0.3 is 18.9 Å². The average Bonchev–Trinajstić information content (AvgIpc) is 2.53. The molecule has 1 aliphatic rings. The molecule has 0 fully saturated rings. The summed E-state index contributed by atoms with van der Waals surface area (Å²) in [6.07, 6.45) is 0. The van der Waals surface area contributed by atoms with E-state index in [1.807, 2.05) is 0 Å². The lowest BCUT2D eigenvalue weighted by Gasteiger charge is -2.35. The summed E-state index contributed by atoms with van der Waals surface area (Å²) in [6.45, 7) is -0.634. The van der Waals surface area contributed by atoms with Crippen molar-refractivity contribution in [2.24, 2.45) is 0 Å². The van der Waals surface area contributed by atoms with E-state index in [0.717, 1.165) is 0 Å². The number of ether oxygens (including phenoxy) is 4. The molecule has 0 unspecified atom stereocenters. The largest absolute Gasteiger partial charge is 0.497 e. The molecule has 0 saturated carbocycles. The van der Waals surface area contributed by atoms with E-state index in [-0.39, 0.29) is 17.1 Å². The van der Waals surface area contributed by atoms with E-state index in [2.05, 4.69) is 4.74 Å². The molecule has 0 N–H and O–H groups in total. The van der Waals surface area contributed by atoms with Crippen molar-refractivity contribution in [2.45, 2.75) is 18.5 Å². The minimum absolute atomic E-state index is 0.128. The molecule has 0 bridgehead atoms. The third kappa shape index (κ3) is 2.53. The van der Waals surface area contributed by atoms with Gasteiger partial charge in [-0.3, -0.25) is 0 Å². The summed E-state index contributed by atoms with van der Waals surface area (Å²) in [7, 11) is 3.99. The Kier molecular flexibility index (Phi) is 4.32. The molecule has 0 spiro atoms. The van der Waals surface area contributed by atoms with Crippen molar-refractivity contribution in [3.05, 3.63) is 29.3 Å². The Bertz CT molecular complexity index is 642. The van der Waals surface area contributed by atoms with Crippen LogP contribution in [-0.4, -0.2) is 33.2 Å². The summed E-state index contributed by atoms with van der Waals surface area (Å²) in [5.74, 6) is -12.9. The lowest BCUT2D eigenvalue weighted by Crippen LogP contribution is -2.53. The highest BCUT2D eigenvalue weighted by atomic mass is 19.3. The highest BCUT2D eigenvalue weighted by Gasteiger charge is 2.74. The summed E-state index contributed by atoms with van der Waals surface area (Å²) in [5, 5.41) is 0. The number of benzene rings is 1. The van der Waals surface area contributed by atoms with Gasteiger partial charge in [0.05, 0.1) is 21.3 Å². The van der Waals surface area contributed by atoms with Gasteiger partial charge in [-0.25, -0.2) is 4.39 Å². The van der Waals surface area contributed by atoms with Crippen LogP contribution in [0.1, 0.15) is 5.56 Å². The van der Waals surface area contributed by atoms with Gasteiger partial charge >= 0.3 is 11.8 Å². The predicted octanol–water partition coefficient (Wildman–Crippen LogP) is 3.69. The van der Waals surface area contributed by atoms with Gasteiger partial charge in [-0.2, -0.15) is 17.6 Å². The van der Waals surface area contributed by atoms with E-state index in [9.17, 15) is 22.0 Å². The summed E-state index contributed by atoms with van der Waals surface area (Å²) in [6, 6.07) is 2.84. The maximum absolute atomic E-state index is 13.2. The fraction of sp³-hybridized carbons (Fsp3) is 0.429. The van der Waals surface area contributed by atoms with Gasteiger partial charge in [-0.1, -0.05) is 0 Å². The van der Waals surface area contributed by atoms with E-state index in [4.69, 9.17) is 14.2 Å². The summed E-state index contributed by atoms with van der Waals surface area (Å²) in [4.78, 5) is 0. The Morgan fingerprint density at radius 2 is 1.57 bits per heavy atom. The molecule has 0 aromatic heterocycles.